The number of benzene rings is 1. The molecule has 2 rings (SSSR count). The Hall–Kier alpha value is -2.90. The number of nitrogens with one attached hydrogen (secondary N) is 1. The Labute approximate surface area is 123 Å². The molecule has 0 atom stereocenters. The maximum Gasteiger partial charge on any atom is 0.308 e. The first-order valence-corrected chi connectivity index (χ1v) is 6.06. The van der Waals surface area contributed by atoms with E-state index in [0.717, 1.165) is 25.1 Å². The minimum absolute atomic E-state index is 0.00130. The number of ether oxygens (including phenoxy) is 1. The van der Waals surface area contributed by atoms with Gasteiger partial charge >= 0.3 is 5.97 Å². The standard InChI is InChI=1S/C14H11F2NO5/c1-6(18)17-14-13(21-7(2)19)11(20)12(22-14)8-3-4-9(15)10(16)5-8/h3-5,20H,1-2H3,(H,17,18). The van der Waals surface area contributed by atoms with E-state index >= 15 is 0 Å². The lowest BCUT2D eigenvalue weighted by Gasteiger charge is -2.01. The van der Waals surface area contributed by atoms with Crippen molar-refractivity contribution < 1.29 is 32.6 Å². The Morgan fingerprint density at radius 3 is 2.45 bits per heavy atom. The molecule has 8 heteroatoms. The summed E-state index contributed by atoms with van der Waals surface area (Å²) in [5, 5.41) is 12.3. The molecule has 0 spiro atoms. The summed E-state index contributed by atoms with van der Waals surface area (Å²) < 4.78 is 36.2. The summed E-state index contributed by atoms with van der Waals surface area (Å²) in [5.74, 6) is -5.16. The molecular formula is C14H11F2NO5. The molecule has 0 aliphatic rings. The first-order chi connectivity index (χ1) is 10.3. The van der Waals surface area contributed by atoms with Crippen LogP contribution in [-0.2, 0) is 9.59 Å². The van der Waals surface area contributed by atoms with Crippen LogP contribution >= 0.6 is 0 Å². The third kappa shape index (κ3) is 3.05. The molecule has 1 amide bonds. The van der Waals surface area contributed by atoms with E-state index in [1.165, 1.54) is 6.92 Å². The first-order valence-electron chi connectivity index (χ1n) is 6.06. The van der Waals surface area contributed by atoms with Gasteiger partial charge in [-0.1, -0.05) is 0 Å². The van der Waals surface area contributed by atoms with Gasteiger partial charge in [-0.2, -0.15) is 0 Å². The molecule has 0 saturated heterocycles. The molecule has 116 valence electrons. The van der Waals surface area contributed by atoms with E-state index < -0.39 is 35.0 Å². The van der Waals surface area contributed by atoms with Crippen LogP contribution in [0.2, 0.25) is 0 Å². The highest BCUT2D eigenvalue weighted by molar-refractivity contribution is 5.91. The average molecular weight is 311 g/mol. The van der Waals surface area contributed by atoms with Crippen molar-refractivity contribution in [2.24, 2.45) is 0 Å². The van der Waals surface area contributed by atoms with E-state index in [1.807, 2.05) is 0 Å². The largest absolute Gasteiger partial charge is 0.502 e. The number of rotatable bonds is 3. The molecule has 0 aliphatic heterocycles. The van der Waals surface area contributed by atoms with Crippen LogP contribution in [0, 0.1) is 11.6 Å². The molecule has 1 aromatic carbocycles. The molecule has 0 fully saturated rings. The van der Waals surface area contributed by atoms with E-state index in [-0.39, 0.29) is 17.2 Å². The normalized spacial score (nSPS) is 10.4. The van der Waals surface area contributed by atoms with Crippen molar-refractivity contribution in [2.75, 3.05) is 5.32 Å². The van der Waals surface area contributed by atoms with Gasteiger partial charge in [0.05, 0.1) is 0 Å². The molecule has 0 unspecified atom stereocenters. The van der Waals surface area contributed by atoms with Crippen molar-refractivity contribution in [2.45, 2.75) is 13.8 Å². The SMILES string of the molecule is CC(=O)Nc1oc(-c2ccc(F)c(F)c2)c(O)c1OC(C)=O. The van der Waals surface area contributed by atoms with Crippen molar-refractivity contribution in [1.29, 1.82) is 0 Å². The second-order valence-electron chi connectivity index (χ2n) is 4.34. The number of amides is 1. The fourth-order valence-corrected chi connectivity index (χ4v) is 1.72. The number of anilines is 1. The highest BCUT2D eigenvalue weighted by Gasteiger charge is 2.25. The Morgan fingerprint density at radius 2 is 1.91 bits per heavy atom. The lowest BCUT2D eigenvalue weighted by molar-refractivity contribution is -0.132. The van der Waals surface area contributed by atoms with E-state index in [2.05, 4.69) is 5.32 Å². The van der Waals surface area contributed by atoms with Crippen molar-refractivity contribution in [3.05, 3.63) is 29.8 Å². The Morgan fingerprint density at radius 1 is 1.23 bits per heavy atom. The second-order valence-corrected chi connectivity index (χ2v) is 4.34. The van der Waals surface area contributed by atoms with Crippen LogP contribution in [0.25, 0.3) is 11.3 Å². The zero-order chi connectivity index (χ0) is 16.4. The summed E-state index contributed by atoms with van der Waals surface area (Å²) in [6.45, 7) is 2.26. The number of halogens is 2. The summed E-state index contributed by atoms with van der Waals surface area (Å²) in [6.07, 6.45) is 0. The lowest BCUT2D eigenvalue weighted by Crippen LogP contribution is -2.08. The maximum atomic E-state index is 13.3. The Balaban J connectivity index is 2.56. The lowest BCUT2D eigenvalue weighted by atomic mass is 10.1. The van der Waals surface area contributed by atoms with Gasteiger partial charge < -0.3 is 14.3 Å². The highest BCUT2D eigenvalue weighted by atomic mass is 19.2. The van der Waals surface area contributed by atoms with Crippen LogP contribution in [0.4, 0.5) is 14.7 Å². The van der Waals surface area contributed by atoms with Crippen LogP contribution in [0.3, 0.4) is 0 Å². The van der Waals surface area contributed by atoms with Gasteiger partial charge in [-0.25, -0.2) is 8.78 Å². The Kier molecular flexibility index (Phi) is 4.11. The van der Waals surface area contributed by atoms with E-state index in [9.17, 15) is 23.5 Å². The molecule has 1 heterocycles. The molecule has 0 bridgehead atoms. The maximum absolute atomic E-state index is 13.3. The third-order valence-electron chi connectivity index (χ3n) is 2.56. The van der Waals surface area contributed by atoms with Crippen LogP contribution in [0.1, 0.15) is 13.8 Å². The van der Waals surface area contributed by atoms with E-state index in [4.69, 9.17) is 9.15 Å². The summed E-state index contributed by atoms with van der Waals surface area (Å²) in [7, 11) is 0. The molecular weight excluding hydrogens is 300 g/mol. The van der Waals surface area contributed by atoms with Crippen LogP contribution in [-0.4, -0.2) is 17.0 Å². The smallest absolute Gasteiger partial charge is 0.308 e. The highest BCUT2D eigenvalue weighted by Crippen LogP contribution is 2.46. The number of furan rings is 1. The fraction of sp³-hybridized carbons (Fsp3) is 0.143. The minimum atomic E-state index is -1.15. The van der Waals surface area contributed by atoms with Gasteiger partial charge in [0.1, 0.15) is 0 Å². The third-order valence-corrected chi connectivity index (χ3v) is 2.56. The van der Waals surface area contributed by atoms with Crippen LogP contribution in [0.15, 0.2) is 22.6 Å². The molecule has 22 heavy (non-hydrogen) atoms. The topological polar surface area (TPSA) is 88.8 Å². The summed E-state index contributed by atoms with van der Waals surface area (Å²) in [4.78, 5) is 22.2. The van der Waals surface area contributed by atoms with Gasteiger partial charge in [0.15, 0.2) is 17.4 Å². The predicted octanol–water partition coefficient (Wildman–Crippen LogP) is 2.81. The zero-order valence-corrected chi connectivity index (χ0v) is 11.6. The Bertz CT molecular complexity index is 754. The summed E-state index contributed by atoms with van der Waals surface area (Å²) in [5.41, 5.74) is 0.00130. The average Bonchev–Trinajstić information content (AvgIpc) is 2.70. The van der Waals surface area contributed by atoms with Crippen LogP contribution in [0.5, 0.6) is 11.5 Å². The second kappa shape index (κ2) is 5.84. The van der Waals surface area contributed by atoms with Crippen molar-refractivity contribution in [1.82, 2.24) is 0 Å². The van der Waals surface area contributed by atoms with E-state index in [0.29, 0.717) is 0 Å². The molecule has 6 nitrogen and oxygen atoms in total. The van der Waals surface area contributed by atoms with Crippen molar-refractivity contribution in [3.63, 3.8) is 0 Å². The van der Waals surface area contributed by atoms with Gasteiger partial charge in [0, 0.05) is 19.4 Å². The van der Waals surface area contributed by atoms with Gasteiger partial charge in [0.2, 0.25) is 23.3 Å². The molecule has 0 saturated carbocycles. The molecule has 2 aromatic rings. The number of esters is 1. The molecule has 2 N–H and O–H groups in total. The van der Waals surface area contributed by atoms with Gasteiger partial charge in [-0.3, -0.25) is 14.9 Å². The van der Waals surface area contributed by atoms with E-state index in [1.54, 1.807) is 0 Å². The zero-order valence-electron chi connectivity index (χ0n) is 11.6. The van der Waals surface area contributed by atoms with Gasteiger partial charge in [-0.15, -0.1) is 0 Å². The van der Waals surface area contributed by atoms with Gasteiger partial charge in [0.25, 0.3) is 0 Å². The van der Waals surface area contributed by atoms with Crippen molar-refractivity contribution >= 4 is 17.8 Å². The summed E-state index contributed by atoms with van der Waals surface area (Å²) in [6, 6.07) is 2.80. The van der Waals surface area contributed by atoms with Crippen LogP contribution < -0.4 is 10.1 Å². The number of carbonyl (C=O) groups excluding carboxylic acids is 2. The predicted molar refractivity (Wildman–Crippen MR) is 71.3 cm³/mol. The molecule has 1 aromatic heterocycles. The number of carbonyl (C=O) groups is 2. The fourth-order valence-electron chi connectivity index (χ4n) is 1.72. The minimum Gasteiger partial charge on any atom is -0.502 e. The first kappa shape index (κ1) is 15.5. The summed E-state index contributed by atoms with van der Waals surface area (Å²) >= 11 is 0. The monoisotopic (exact) mass is 311 g/mol. The number of hydrogen-bond acceptors (Lipinski definition) is 5. The van der Waals surface area contributed by atoms with Gasteiger partial charge in [-0.05, 0) is 18.2 Å². The quantitative estimate of drug-likeness (QED) is 0.851. The van der Waals surface area contributed by atoms with Crippen molar-refractivity contribution in [3.8, 4) is 22.8 Å². The number of hydrogen-bond donors (Lipinski definition) is 2. The molecule has 0 aliphatic carbocycles. The number of aromatic hydroxyl groups is 1. The molecule has 0 radical (unpaired) electrons.